The molecule has 0 aliphatic rings. The molecule has 1 aromatic carbocycles. The first-order valence-corrected chi connectivity index (χ1v) is 8.74. The van der Waals surface area contributed by atoms with Crippen molar-refractivity contribution in [2.45, 2.75) is 33.1 Å². The molecular formula is C19H19F3N4O2. The average Bonchev–Trinajstić information content (AvgIpc) is 2.97. The number of aromatic nitrogens is 4. The van der Waals surface area contributed by atoms with Gasteiger partial charge in [0, 0.05) is 20.1 Å². The van der Waals surface area contributed by atoms with Gasteiger partial charge in [0.15, 0.2) is 11.2 Å². The van der Waals surface area contributed by atoms with E-state index in [-0.39, 0.29) is 12.2 Å². The van der Waals surface area contributed by atoms with Gasteiger partial charge in [0.05, 0.1) is 5.56 Å². The van der Waals surface area contributed by atoms with E-state index < -0.39 is 23.0 Å². The summed E-state index contributed by atoms with van der Waals surface area (Å²) in [5.74, 6) is 0.419. The number of hydrogen-bond acceptors (Lipinski definition) is 3. The average molecular weight is 392 g/mol. The number of benzene rings is 1. The molecule has 0 spiro atoms. The molecule has 2 aromatic heterocycles. The monoisotopic (exact) mass is 392 g/mol. The highest BCUT2D eigenvalue weighted by atomic mass is 19.4. The fourth-order valence-corrected chi connectivity index (χ4v) is 3.05. The van der Waals surface area contributed by atoms with Crippen LogP contribution in [0, 0.1) is 0 Å². The maximum absolute atomic E-state index is 12.7. The Hall–Kier alpha value is -3.10. The van der Waals surface area contributed by atoms with Crippen molar-refractivity contribution in [2.24, 2.45) is 7.05 Å². The van der Waals surface area contributed by atoms with Gasteiger partial charge in [-0.15, -0.1) is 0 Å². The summed E-state index contributed by atoms with van der Waals surface area (Å²) in [7, 11) is 1.66. The Labute approximate surface area is 158 Å². The third kappa shape index (κ3) is 3.28. The molecule has 2 heterocycles. The first-order chi connectivity index (χ1) is 13.2. The molecule has 0 bridgehead atoms. The Bertz CT molecular complexity index is 1170. The molecule has 0 N–H and O–H groups in total. The number of imidazole rings is 1. The van der Waals surface area contributed by atoms with Gasteiger partial charge in [0.1, 0.15) is 5.82 Å². The van der Waals surface area contributed by atoms with Crippen LogP contribution >= 0.6 is 0 Å². The van der Waals surface area contributed by atoms with Crippen LogP contribution in [0.1, 0.15) is 30.8 Å². The van der Waals surface area contributed by atoms with Crippen molar-refractivity contribution in [1.29, 1.82) is 0 Å². The number of fused-ring (bicyclic) bond motifs is 1. The maximum atomic E-state index is 12.7. The number of aryl methyl sites for hydroxylation is 2. The third-order valence-corrected chi connectivity index (χ3v) is 4.57. The molecule has 0 aliphatic heterocycles. The fraction of sp³-hybridized carbons (Fsp3) is 0.316. The summed E-state index contributed by atoms with van der Waals surface area (Å²) in [4.78, 5) is 29.5. The van der Waals surface area contributed by atoms with Crippen LogP contribution in [0.5, 0.6) is 0 Å². The topological polar surface area (TPSA) is 61.8 Å². The number of alkyl halides is 3. The predicted octanol–water partition coefficient (Wildman–Crippen LogP) is 3.13. The van der Waals surface area contributed by atoms with Crippen LogP contribution in [0.2, 0.25) is 0 Å². The van der Waals surface area contributed by atoms with Crippen molar-refractivity contribution < 1.29 is 13.2 Å². The van der Waals surface area contributed by atoms with Gasteiger partial charge in [-0.3, -0.25) is 13.9 Å². The minimum atomic E-state index is -4.39. The Morgan fingerprint density at radius 2 is 1.61 bits per heavy atom. The molecule has 0 saturated heterocycles. The standard InChI is InChI=1S/C19H19F3N4O2/c1-4-25-16-15(17(27)26(5-2)18(25)28)24(3)14(23-16)11-8-12-6-9-13(10-7-12)19(20,21)22/h6-11H,4-5H2,1-3H3. The number of halogens is 3. The molecule has 0 atom stereocenters. The van der Waals surface area contributed by atoms with Crippen LogP contribution in [-0.4, -0.2) is 18.7 Å². The van der Waals surface area contributed by atoms with Gasteiger partial charge < -0.3 is 4.57 Å². The van der Waals surface area contributed by atoms with Crippen molar-refractivity contribution in [2.75, 3.05) is 0 Å². The molecule has 0 aliphatic carbocycles. The van der Waals surface area contributed by atoms with Crippen molar-refractivity contribution >= 4 is 23.3 Å². The van der Waals surface area contributed by atoms with E-state index in [1.165, 1.54) is 16.7 Å². The second-order valence-electron chi connectivity index (χ2n) is 6.23. The summed E-state index contributed by atoms with van der Waals surface area (Å²) in [6.07, 6.45) is -1.18. The Morgan fingerprint density at radius 3 is 2.14 bits per heavy atom. The summed E-state index contributed by atoms with van der Waals surface area (Å²) in [5, 5.41) is 0. The van der Waals surface area contributed by atoms with Crippen molar-refractivity contribution in [3.8, 4) is 0 Å². The van der Waals surface area contributed by atoms with Gasteiger partial charge in [-0.1, -0.05) is 18.2 Å². The van der Waals surface area contributed by atoms with Crippen LogP contribution < -0.4 is 11.2 Å². The quantitative estimate of drug-likeness (QED) is 0.685. The molecule has 28 heavy (non-hydrogen) atoms. The van der Waals surface area contributed by atoms with Gasteiger partial charge >= 0.3 is 11.9 Å². The van der Waals surface area contributed by atoms with Crippen LogP contribution in [-0.2, 0) is 26.3 Å². The SMILES string of the molecule is CCn1c(=O)c2c(nc(C=Cc3ccc(C(F)(F)F)cc3)n2C)n(CC)c1=O. The zero-order valence-electron chi connectivity index (χ0n) is 15.6. The van der Waals surface area contributed by atoms with E-state index in [2.05, 4.69) is 4.98 Å². The lowest BCUT2D eigenvalue weighted by molar-refractivity contribution is -0.137. The Kier molecular flexibility index (Phi) is 5.01. The van der Waals surface area contributed by atoms with E-state index in [0.717, 1.165) is 16.7 Å². The fourth-order valence-electron chi connectivity index (χ4n) is 3.05. The number of nitrogens with zero attached hydrogens (tertiary/aromatic N) is 4. The third-order valence-electron chi connectivity index (χ3n) is 4.57. The van der Waals surface area contributed by atoms with Gasteiger partial charge in [0.2, 0.25) is 0 Å². The molecule has 0 radical (unpaired) electrons. The zero-order chi connectivity index (χ0) is 20.6. The van der Waals surface area contributed by atoms with Crippen LogP contribution in [0.3, 0.4) is 0 Å². The van der Waals surface area contributed by atoms with Crippen LogP contribution in [0.15, 0.2) is 33.9 Å². The van der Waals surface area contributed by atoms with E-state index in [1.54, 1.807) is 37.6 Å². The van der Waals surface area contributed by atoms with E-state index in [1.807, 2.05) is 0 Å². The maximum Gasteiger partial charge on any atom is 0.416 e. The predicted molar refractivity (Wildman–Crippen MR) is 101 cm³/mol. The van der Waals surface area contributed by atoms with Crippen molar-refractivity contribution in [3.63, 3.8) is 0 Å². The molecular weight excluding hydrogens is 373 g/mol. The highest BCUT2D eigenvalue weighted by molar-refractivity contribution is 5.76. The first kappa shape index (κ1) is 19.7. The number of hydrogen-bond donors (Lipinski definition) is 0. The molecule has 3 rings (SSSR count). The lowest BCUT2D eigenvalue weighted by atomic mass is 10.1. The van der Waals surface area contributed by atoms with E-state index in [4.69, 9.17) is 0 Å². The molecule has 9 heteroatoms. The normalized spacial score (nSPS) is 12.4. The molecule has 0 fully saturated rings. The minimum absolute atomic E-state index is 0.246. The van der Waals surface area contributed by atoms with Gasteiger partial charge in [-0.25, -0.2) is 9.78 Å². The first-order valence-electron chi connectivity index (χ1n) is 8.74. The Balaban J connectivity index is 2.08. The lowest BCUT2D eigenvalue weighted by Gasteiger charge is -2.08. The van der Waals surface area contributed by atoms with Gasteiger partial charge in [-0.2, -0.15) is 13.2 Å². The molecule has 0 saturated carbocycles. The number of rotatable bonds is 4. The van der Waals surface area contributed by atoms with E-state index >= 15 is 0 Å². The summed E-state index contributed by atoms with van der Waals surface area (Å²) in [5.41, 5.74) is -0.416. The Morgan fingerprint density at radius 1 is 1.00 bits per heavy atom. The largest absolute Gasteiger partial charge is 0.416 e. The summed E-state index contributed by atoms with van der Waals surface area (Å²) >= 11 is 0. The molecule has 6 nitrogen and oxygen atoms in total. The summed E-state index contributed by atoms with van der Waals surface area (Å²) in [6.45, 7) is 4.11. The summed E-state index contributed by atoms with van der Waals surface area (Å²) in [6, 6.07) is 4.72. The van der Waals surface area contributed by atoms with Crippen LogP contribution in [0.25, 0.3) is 23.3 Å². The second kappa shape index (κ2) is 7.14. The van der Waals surface area contributed by atoms with Crippen LogP contribution in [0.4, 0.5) is 13.2 Å². The van der Waals surface area contributed by atoms with E-state index in [9.17, 15) is 22.8 Å². The molecule has 0 amide bonds. The van der Waals surface area contributed by atoms with Gasteiger partial charge in [-0.05, 0) is 37.6 Å². The molecule has 0 unspecified atom stereocenters. The smallest absolute Gasteiger partial charge is 0.322 e. The molecule has 3 aromatic rings. The van der Waals surface area contributed by atoms with Gasteiger partial charge in [0.25, 0.3) is 5.56 Å². The second-order valence-corrected chi connectivity index (χ2v) is 6.23. The van der Waals surface area contributed by atoms with Crippen molar-refractivity contribution in [1.82, 2.24) is 18.7 Å². The van der Waals surface area contributed by atoms with E-state index in [0.29, 0.717) is 23.4 Å². The highest BCUT2D eigenvalue weighted by Gasteiger charge is 2.29. The van der Waals surface area contributed by atoms with Crippen molar-refractivity contribution in [3.05, 3.63) is 62.1 Å². The lowest BCUT2D eigenvalue weighted by Crippen LogP contribution is -2.39. The summed E-state index contributed by atoms with van der Waals surface area (Å²) < 4.78 is 42.1. The zero-order valence-corrected chi connectivity index (χ0v) is 15.6. The molecule has 148 valence electrons. The highest BCUT2D eigenvalue weighted by Crippen LogP contribution is 2.29. The minimum Gasteiger partial charge on any atom is -0.322 e.